The molecule has 0 spiro atoms. The molecule has 1 saturated heterocycles. The summed E-state index contributed by atoms with van der Waals surface area (Å²) in [4.78, 5) is 17.7. The second kappa shape index (κ2) is 5.65. The third-order valence-corrected chi connectivity index (χ3v) is 3.88. The van der Waals surface area contributed by atoms with Crippen molar-refractivity contribution in [1.82, 2.24) is 15.0 Å². The van der Waals surface area contributed by atoms with E-state index < -0.39 is 5.97 Å². The van der Waals surface area contributed by atoms with Crippen LogP contribution in [0.2, 0.25) is 0 Å². The number of aromatic nitrogens is 2. The van der Waals surface area contributed by atoms with Crippen molar-refractivity contribution in [2.24, 2.45) is 0 Å². The molecule has 0 saturated carbocycles. The van der Waals surface area contributed by atoms with Crippen LogP contribution in [-0.2, 0) is 0 Å². The number of nitrogens with zero attached hydrogens (tertiary/aromatic N) is 3. The van der Waals surface area contributed by atoms with Crippen LogP contribution in [0.3, 0.4) is 0 Å². The lowest BCUT2D eigenvalue weighted by molar-refractivity contribution is 0.0697. The molecule has 3 rings (SSSR count). The number of aromatic carboxylic acids is 1. The van der Waals surface area contributed by atoms with Crippen molar-refractivity contribution in [3.05, 3.63) is 35.7 Å². The smallest absolute Gasteiger partial charge is 0.335 e. The van der Waals surface area contributed by atoms with E-state index in [1.54, 1.807) is 24.3 Å². The van der Waals surface area contributed by atoms with E-state index >= 15 is 0 Å². The van der Waals surface area contributed by atoms with Gasteiger partial charge >= 0.3 is 5.97 Å². The summed E-state index contributed by atoms with van der Waals surface area (Å²) in [6.45, 7) is 2.05. The van der Waals surface area contributed by atoms with E-state index in [1.165, 1.54) is 0 Å². The third kappa shape index (κ3) is 2.95. The van der Waals surface area contributed by atoms with Gasteiger partial charge in [-0.2, -0.15) is 4.98 Å². The van der Waals surface area contributed by atoms with Crippen molar-refractivity contribution in [1.29, 1.82) is 0 Å². The number of benzene rings is 1. The zero-order valence-corrected chi connectivity index (χ0v) is 11.8. The lowest BCUT2D eigenvalue weighted by Gasteiger charge is -2.26. The second-order valence-electron chi connectivity index (χ2n) is 5.42. The maximum absolute atomic E-state index is 11.0. The number of rotatable bonds is 3. The number of likely N-dealkylation sites (tertiary alicyclic amines) is 1. The van der Waals surface area contributed by atoms with E-state index in [-0.39, 0.29) is 5.56 Å². The summed E-state index contributed by atoms with van der Waals surface area (Å²) < 4.78 is 5.37. The molecule has 0 atom stereocenters. The van der Waals surface area contributed by atoms with Crippen LogP contribution in [0.5, 0.6) is 0 Å². The van der Waals surface area contributed by atoms with Crippen molar-refractivity contribution in [3.8, 4) is 11.4 Å². The molecule has 110 valence electrons. The van der Waals surface area contributed by atoms with E-state index in [2.05, 4.69) is 22.1 Å². The van der Waals surface area contributed by atoms with Crippen LogP contribution in [0.1, 0.15) is 35.0 Å². The Labute approximate surface area is 122 Å². The first-order chi connectivity index (χ1) is 10.1. The molecule has 1 N–H and O–H groups in total. The minimum atomic E-state index is -0.962. The summed E-state index contributed by atoms with van der Waals surface area (Å²) in [6, 6.07) is 6.58. The van der Waals surface area contributed by atoms with Gasteiger partial charge in [0.1, 0.15) is 0 Å². The molecule has 6 heteroatoms. The molecule has 6 nitrogen and oxygen atoms in total. The van der Waals surface area contributed by atoms with Crippen LogP contribution in [-0.4, -0.2) is 46.3 Å². The first-order valence-electron chi connectivity index (χ1n) is 6.99. The standard InChI is InChI=1S/C15H17N3O3/c1-18-7-5-10(6-8-18)14-16-13(17-21-14)11-3-2-4-12(9-11)15(19)20/h2-4,9-10H,5-8H2,1H3,(H,19,20). The average molecular weight is 287 g/mol. The van der Waals surface area contributed by atoms with E-state index in [4.69, 9.17) is 9.63 Å². The predicted molar refractivity (Wildman–Crippen MR) is 76.2 cm³/mol. The summed E-state index contributed by atoms with van der Waals surface area (Å²) in [5.41, 5.74) is 0.885. The fourth-order valence-electron chi connectivity index (χ4n) is 2.57. The lowest BCUT2D eigenvalue weighted by atomic mass is 9.97. The zero-order chi connectivity index (χ0) is 14.8. The molecule has 0 aliphatic carbocycles. The maximum Gasteiger partial charge on any atom is 0.335 e. The number of hydrogen-bond donors (Lipinski definition) is 1. The van der Waals surface area contributed by atoms with Crippen molar-refractivity contribution in [3.63, 3.8) is 0 Å². The predicted octanol–water partition coefficient (Wildman–Crippen LogP) is 2.24. The van der Waals surface area contributed by atoms with Crippen LogP contribution in [0.4, 0.5) is 0 Å². The van der Waals surface area contributed by atoms with Crippen LogP contribution < -0.4 is 0 Å². The molecule has 2 aromatic rings. The Hall–Kier alpha value is -2.21. The van der Waals surface area contributed by atoms with E-state index in [9.17, 15) is 4.79 Å². The minimum absolute atomic E-state index is 0.221. The summed E-state index contributed by atoms with van der Waals surface area (Å²) in [6.07, 6.45) is 2.01. The number of carbonyl (C=O) groups is 1. The van der Waals surface area contributed by atoms with Gasteiger partial charge in [0.25, 0.3) is 0 Å². The Morgan fingerprint density at radius 1 is 1.38 bits per heavy atom. The highest BCUT2D eigenvalue weighted by Crippen LogP contribution is 2.28. The Balaban J connectivity index is 1.81. The Morgan fingerprint density at radius 3 is 2.86 bits per heavy atom. The molecule has 0 amide bonds. The van der Waals surface area contributed by atoms with Crippen LogP contribution in [0, 0.1) is 0 Å². The zero-order valence-electron chi connectivity index (χ0n) is 11.8. The quantitative estimate of drug-likeness (QED) is 0.932. The number of piperidine rings is 1. The summed E-state index contributed by atoms with van der Waals surface area (Å²) in [5, 5.41) is 13.0. The van der Waals surface area contributed by atoms with Gasteiger partial charge in [-0.05, 0) is 45.1 Å². The van der Waals surface area contributed by atoms with Gasteiger partial charge in [-0.15, -0.1) is 0 Å². The Bertz CT molecular complexity index is 645. The molecule has 0 bridgehead atoms. The van der Waals surface area contributed by atoms with Gasteiger partial charge < -0.3 is 14.5 Å². The van der Waals surface area contributed by atoms with Crippen LogP contribution in [0.25, 0.3) is 11.4 Å². The second-order valence-corrected chi connectivity index (χ2v) is 5.42. The van der Waals surface area contributed by atoms with Crippen LogP contribution >= 0.6 is 0 Å². The fraction of sp³-hybridized carbons (Fsp3) is 0.400. The first-order valence-corrected chi connectivity index (χ1v) is 6.99. The van der Waals surface area contributed by atoms with Crippen molar-refractivity contribution in [2.45, 2.75) is 18.8 Å². The van der Waals surface area contributed by atoms with Crippen molar-refractivity contribution >= 4 is 5.97 Å². The van der Waals surface area contributed by atoms with Crippen LogP contribution in [0.15, 0.2) is 28.8 Å². The highest BCUT2D eigenvalue weighted by Gasteiger charge is 2.24. The van der Waals surface area contributed by atoms with Gasteiger partial charge in [0.05, 0.1) is 5.56 Å². The van der Waals surface area contributed by atoms with Gasteiger partial charge in [0, 0.05) is 11.5 Å². The first kappa shape index (κ1) is 13.8. The molecular weight excluding hydrogens is 270 g/mol. The van der Waals surface area contributed by atoms with Crippen molar-refractivity contribution in [2.75, 3.05) is 20.1 Å². The van der Waals surface area contributed by atoms with Gasteiger partial charge in [0.2, 0.25) is 11.7 Å². The normalized spacial score (nSPS) is 17.0. The third-order valence-electron chi connectivity index (χ3n) is 3.88. The highest BCUT2D eigenvalue weighted by molar-refractivity contribution is 5.89. The van der Waals surface area contributed by atoms with Crippen molar-refractivity contribution < 1.29 is 14.4 Å². The Morgan fingerprint density at radius 2 is 2.14 bits per heavy atom. The SMILES string of the molecule is CN1CCC(c2nc(-c3cccc(C(=O)O)c3)no2)CC1. The topological polar surface area (TPSA) is 79.5 Å². The fourth-order valence-corrected chi connectivity index (χ4v) is 2.57. The number of carboxylic acids is 1. The molecule has 1 aliphatic rings. The van der Waals surface area contributed by atoms with Gasteiger partial charge in [-0.25, -0.2) is 4.79 Å². The molecule has 0 unspecified atom stereocenters. The average Bonchev–Trinajstić information content (AvgIpc) is 2.98. The van der Waals surface area contributed by atoms with E-state index in [1.807, 2.05) is 0 Å². The molecule has 1 aromatic carbocycles. The van der Waals surface area contributed by atoms with Gasteiger partial charge in [-0.1, -0.05) is 17.3 Å². The molecule has 21 heavy (non-hydrogen) atoms. The maximum atomic E-state index is 11.0. The molecule has 1 aromatic heterocycles. The minimum Gasteiger partial charge on any atom is -0.478 e. The Kier molecular flexibility index (Phi) is 3.70. The largest absolute Gasteiger partial charge is 0.478 e. The molecule has 0 radical (unpaired) electrons. The summed E-state index contributed by atoms with van der Waals surface area (Å²) >= 11 is 0. The molecule has 2 heterocycles. The molecular formula is C15H17N3O3. The molecule has 1 fully saturated rings. The van der Waals surface area contributed by atoms with E-state index in [0.717, 1.165) is 25.9 Å². The van der Waals surface area contributed by atoms with Gasteiger partial charge in [0.15, 0.2) is 0 Å². The van der Waals surface area contributed by atoms with Gasteiger partial charge in [-0.3, -0.25) is 0 Å². The monoisotopic (exact) mass is 287 g/mol. The number of hydrogen-bond acceptors (Lipinski definition) is 5. The number of carboxylic acid groups (broad SMARTS) is 1. The molecule has 1 aliphatic heterocycles. The lowest BCUT2D eigenvalue weighted by Crippen LogP contribution is -2.29. The highest BCUT2D eigenvalue weighted by atomic mass is 16.5. The summed E-state index contributed by atoms with van der Waals surface area (Å²) in [5.74, 6) is 0.437. The summed E-state index contributed by atoms with van der Waals surface area (Å²) in [7, 11) is 2.10. The van der Waals surface area contributed by atoms with E-state index in [0.29, 0.717) is 23.2 Å².